The molecule has 0 amide bonds. The highest BCUT2D eigenvalue weighted by Gasteiger charge is 2.16. The predicted octanol–water partition coefficient (Wildman–Crippen LogP) is 1.47. The van der Waals surface area contributed by atoms with Gasteiger partial charge in [-0.25, -0.2) is 8.42 Å². The fourth-order valence-corrected chi connectivity index (χ4v) is 2.77. The van der Waals surface area contributed by atoms with E-state index in [9.17, 15) is 8.42 Å². The van der Waals surface area contributed by atoms with E-state index in [2.05, 4.69) is 10.3 Å². The topological polar surface area (TPSA) is 68.3 Å². The number of rotatable bonds is 4. The number of pyridine rings is 1. The van der Waals surface area contributed by atoms with Gasteiger partial charge in [0, 0.05) is 25.5 Å². The Hall–Kier alpha value is -1.14. The summed E-state index contributed by atoms with van der Waals surface area (Å²) in [7, 11) is -3.19. The smallest absolute Gasteiger partial charge is 0.179 e. The highest BCUT2D eigenvalue weighted by Crippen LogP contribution is 2.18. The van der Waals surface area contributed by atoms with E-state index in [0.29, 0.717) is 6.04 Å². The molecule has 1 N–H and O–H groups in total. The summed E-state index contributed by atoms with van der Waals surface area (Å²) in [5, 5.41) is 3.31. The van der Waals surface area contributed by atoms with Crippen molar-refractivity contribution in [3.05, 3.63) is 18.5 Å². The van der Waals surface area contributed by atoms with Crippen molar-refractivity contribution in [3.8, 4) is 0 Å². The van der Waals surface area contributed by atoms with Crippen LogP contribution in [-0.2, 0) is 14.6 Å². The molecule has 18 heavy (non-hydrogen) atoms. The Morgan fingerprint density at radius 2 is 2.11 bits per heavy atom. The maximum atomic E-state index is 11.8. The van der Waals surface area contributed by atoms with Gasteiger partial charge in [-0.05, 0) is 18.9 Å². The molecule has 6 heteroatoms. The number of hydrogen-bond donors (Lipinski definition) is 1. The Morgan fingerprint density at radius 1 is 1.39 bits per heavy atom. The molecule has 0 aliphatic carbocycles. The zero-order valence-electron chi connectivity index (χ0n) is 10.4. The number of ether oxygens (including phenoxy) is 1. The monoisotopic (exact) mass is 270 g/mol. The Kier molecular flexibility index (Phi) is 4.19. The number of anilines is 1. The third-order valence-electron chi connectivity index (χ3n) is 3.04. The van der Waals surface area contributed by atoms with Gasteiger partial charge in [-0.2, -0.15) is 0 Å². The van der Waals surface area contributed by atoms with Crippen LogP contribution in [0.3, 0.4) is 0 Å². The lowest BCUT2D eigenvalue weighted by Crippen LogP contribution is -2.27. The largest absolute Gasteiger partial charge is 0.381 e. The van der Waals surface area contributed by atoms with E-state index in [4.69, 9.17) is 4.74 Å². The first-order chi connectivity index (χ1) is 8.62. The van der Waals surface area contributed by atoms with Crippen molar-refractivity contribution in [1.82, 2.24) is 4.98 Å². The van der Waals surface area contributed by atoms with Crippen LogP contribution in [0.2, 0.25) is 0 Å². The summed E-state index contributed by atoms with van der Waals surface area (Å²) in [5.41, 5.74) is 0.761. The summed E-state index contributed by atoms with van der Waals surface area (Å²) in [4.78, 5) is 4.27. The van der Waals surface area contributed by atoms with Gasteiger partial charge in [0.1, 0.15) is 0 Å². The van der Waals surface area contributed by atoms with E-state index in [-0.39, 0.29) is 10.6 Å². The van der Waals surface area contributed by atoms with Crippen molar-refractivity contribution in [2.45, 2.75) is 30.7 Å². The van der Waals surface area contributed by atoms with Gasteiger partial charge in [0.15, 0.2) is 9.84 Å². The summed E-state index contributed by atoms with van der Waals surface area (Å²) in [6, 6.07) is 1.99. The normalized spacial score (nSPS) is 17.6. The van der Waals surface area contributed by atoms with Crippen molar-refractivity contribution >= 4 is 15.5 Å². The average molecular weight is 270 g/mol. The van der Waals surface area contributed by atoms with Crippen LogP contribution < -0.4 is 5.32 Å². The van der Waals surface area contributed by atoms with Crippen LogP contribution in [-0.4, -0.2) is 38.4 Å². The number of nitrogens with zero attached hydrogens (tertiary/aromatic N) is 1. The third kappa shape index (κ3) is 3.20. The SMILES string of the molecule is CCS(=O)(=O)c1cncc(NC2CCOCC2)c1. The molecular formula is C12H18N2O3S. The summed E-state index contributed by atoms with van der Waals surface area (Å²) in [6.07, 6.45) is 4.92. The standard InChI is InChI=1S/C12H18N2O3S/c1-2-18(15,16)12-7-11(8-13-9-12)14-10-3-5-17-6-4-10/h7-10,14H,2-6H2,1H3. The van der Waals surface area contributed by atoms with Crippen LogP contribution in [0.1, 0.15) is 19.8 Å². The van der Waals surface area contributed by atoms with Crippen LogP contribution in [0.4, 0.5) is 5.69 Å². The molecule has 1 aliphatic rings. The molecule has 0 aromatic carbocycles. The fraction of sp³-hybridized carbons (Fsp3) is 0.583. The summed E-state index contributed by atoms with van der Waals surface area (Å²) in [6.45, 7) is 3.13. The molecule has 0 saturated carbocycles. The summed E-state index contributed by atoms with van der Waals surface area (Å²) in [5.74, 6) is 0.0927. The van der Waals surface area contributed by atoms with Gasteiger partial charge in [0.2, 0.25) is 0 Å². The van der Waals surface area contributed by atoms with Crippen molar-refractivity contribution in [2.75, 3.05) is 24.3 Å². The molecule has 0 radical (unpaired) electrons. The fourth-order valence-electron chi connectivity index (χ4n) is 1.91. The zero-order chi connectivity index (χ0) is 13.0. The molecule has 2 rings (SSSR count). The van der Waals surface area contributed by atoms with Crippen LogP contribution in [0.5, 0.6) is 0 Å². The second-order valence-corrected chi connectivity index (χ2v) is 6.62. The van der Waals surface area contributed by atoms with Crippen LogP contribution in [0.25, 0.3) is 0 Å². The van der Waals surface area contributed by atoms with E-state index in [1.165, 1.54) is 6.20 Å². The lowest BCUT2D eigenvalue weighted by atomic mass is 10.1. The van der Waals surface area contributed by atoms with E-state index in [1.54, 1.807) is 19.2 Å². The lowest BCUT2D eigenvalue weighted by Gasteiger charge is -2.24. The third-order valence-corrected chi connectivity index (χ3v) is 4.75. The second-order valence-electron chi connectivity index (χ2n) is 4.34. The molecule has 0 bridgehead atoms. The van der Waals surface area contributed by atoms with Crippen LogP contribution in [0, 0.1) is 0 Å². The molecule has 1 aromatic rings. The first kappa shape index (κ1) is 13.3. The Bertz CT molecular complexity index is 496. The molecule has 0 unspecified atom stereocenters. The summed E-state index contributed by atoms with van der Waals surface area (Å²) < 4.78 is 28.8. The van der Waals surface area contributed by atoms with E-state index in [1.807, 2.05) is 0 Å². The van der Waals surface area contributed by atoms with Gasteiger partial charge < -0.3 is 10.1 Å². The maximum absolute atomic E-state index is 11.8. The Balaban J connectivity index is 2.12. The average Bonchev–Trinajstić information content (AvgIpc) is 2.40. The number of sulfone groups is 1. The van der Waals surface area contributed by atoms with Gasteiger partial charge in [-0.15, -0.1) is 0 Å². The van der Waals surface area contributed by atoms with E-state index < -0.39 is 9.84 Å². The zero-order valence-corrected chi connectivity index (χ0v) is 11.2. The summed E-state index contributed by atoms with van der Waals surface area (Å²) >= 11 is 0. The minimum atomic E-state index is -3.19. The highest BCUT2D eigenvalue weighted by atomic mass is 32.2. The minimum absolute atomic E-state index is 0.0927. The molecule has 1 fully saturated rings. The molecular weight excluding hydrogens is 252 g/mol. The maximum Gasteiger partial charge on any atom is 0.179 e. The second kappa shape index (κ2) is 5.67. The molecule has 1 aromatic heterocycles. The van der Waals surface area contributed by atoms with E-state index >= 15 is 0 Å². The molecule has 2 heterocycles. The Labute approximate surface area is 107 Å². The van der Waals surface area contributed by atoms with Crippen molar-refractivity contribution < 1.29 is 13.2 Å². The lowest BCUT2D eigenvalue weighted by molar-refractivity contribution is 0.0904. The molecule has 5 nitrogen and oxygen atoms in total. The van der Waals surface area contributed by atoms with Gasteiger partial charge in [-0.3, -0.25) is 4.98 Å². The molecule has 0 atom stereocenters. The van der Waals surface area contributed by atoms with Gasteiger partial charge in [0.05, 0.1) is 22.5 Å². The van der Waals surface area contributed by atoms with Crippen LogP contribution in [0.15, 0.2) is 23.4 Å². The van der Waals surface area contributed by atoms with Crippen molar-refractivity contribution in [1.29, 1.82) is 0 Å². The van der Waals surface area contributed by atoms with Crippen molar-refractivity contribution in [3.63, 3.8) is 0 Å². The molecule has 1 saturated heterocycles. The quantitative estimate of drug-likeness (QED) is 0.897. The number of aromatic nitrogens is 1. The number of nitrogens with one attached hydrogen (secondary N) is 1. The minimum Gasteiger partial charge on any atom is -0.381 e. The van der Waals surface area contributed by atoms with Gasteiger partial charge in [0.25, 0.3) is 0 Å². The van der Waals surface area contributed by atoms with Crippen LogP contribution >= 0.6 is 0 Å². The molecule has 100 valence electrons. The van der Waals surface area contributed by atoms with Gasteiger partial charge in [-0.1, -0.05) is 6.92 Å². The first-order valence-electron chi connectivity index (χ1n) is 6.14. The molecule has 0 spiro atoms. The van der Waals surface area contributed by atoms with E-state index in [0.717, 1.165) is 31.7 Å². The van der Waals surface area contributed by atoms with Gasteiger partial charge >= 0.3 is 0 Å². The Morgan fingerprint density at radius 3 is 2.78 bits per heavy atom. The van der Waals surface area contributed by atoms with Crippen molar-refractivity contribution in [2.24, 2.45) is 0 Å². The first-order valence-corrected chi connectivity index (χ1v) is 7.79. The predicted molar refractivity (Wildman–Crippen MR) is 69.4 cm³/mol. The number of hydrogen-bond acceptors (Lipinski definition) is 5. The molecule has 1 aliphatic heterocycles. The highest BCUT2D eigenvalue weighted by molar-refractivity contribution is 7.91.